The van der Waals surface area contributed by atoms with Gasteiger partial charge in [-0.25, -0.2) is 0 Å². The number of hydrogen-bond donors (Lipinski definition) is 1. The lowest BCUT2D eigenvalue weighted by molar-refractivity contribution is 0.684. The molecule has 17 heavy (non-hydrogen) atoms. The van der Waals surface area contributed by atoms with E-state index >= 15 is 0 Å². The highest BCUT2D eigenvalue weighted by molar-refractivity contribution is 9.10. The van der Waals surface area contributed by atoms with Crippen molar-refractivity contribution in [1.29, 1.82) is 0 Å². The summed E-state index contributed by atoms with van der Waals surface area (Å²) in [6.07, 6.45) is 5.55. The maximum atomic E-state index is 4.32. The first kappa shape index (κ1) is 12.2. The van der Waals surface area contributed by atoms with Crippen molar-refractivity contribution >= 4 is 15.9 Å². The molecule has 0 saturated carbocycles. The second-order valence-electron chi connectivity index (χ2n) is 3.89. The van der Waals surface area contributed by atoms with Crippen molar-refractivity contribution < 1.29 is 0 Å². The van der Waals surface area contributed by atoms with Crippen LogP contribution in [0.3, 0.4) is 0 Å². The SMILES string of the molecule is CNC(c1ccc(C)nc1)c1cncc(Br)c1. The Bertz CT molecular complexity index is 496. The standard InChI is InChI=1S/C13H14BrN3/c1-9-3-4-10(7-17-9)13(15-2)11-5-12(14)8-16-6-11/h3-8,13,15H,1-2H3. The molecule has 0 spiro atoms. The summed E-state index contributed by atoms with van der Waals surface area (Å²) in [4.78, 5) is 8.51. The second-order valence-corrected chi connectivity index (χ2v) is 4.81. The molecule has 0 aliphatic rings. The van der Waals surface area contributed by atoms with Crippen LogP contribution in [-0.4, -0.2) is 17.0 Å². The maximum absolute atomic E-state index is 4.32. The van der Waals surface area contributed by atoms with E-state index in [1.54, 1.807) is 6.20 Å². The van der Waals surface area contributed by atoms with Crippen LogP contribution in [0.2, 0.25) is 0 Å². The predicted molar refractivity (Wildman–Crippen MR) is 71.8 cm³/mol. The lowest BCUT2D eigenvalue weighted by atomic mass is 10.0. The molecule has 2 rings (SSSR count). The van der Waals surface area contributed by atoms with E-state index in [-0.39, 0.29) is 6.04 Å². The van der Waals surface area contributed by atoms with Crippen molar-refractivity contribution in [2.45, 2.75) is 13.0 Å². The second kappa shape index (κ2) is 5.38. The van der Waals surface area contributed by atoms with Gasteiger partial charge in [-0.05, 0) is 53.2 Å². The molecule has 0 radical (unpaired) electrons. The molecular weight excluding hydrogens is 278 g/mol. The number of aryl methyl sites for hydroxylation is 1. The Kier molecular flexibility index (Phi) is 3.86. The molecule has 0 fully saturated rings. The molecule has 1 unspecified atom stereocenters. The monoisotopic (exact) mass is 291 g/mol. The molecule has 0 aromatic carbocycles. The van der Waals surface area contributed by atoms with Crippen LogP contribution in [0.4, 0.5) is 0 Å². The Morgan fingerprint density at radius 3 is 2.59 bits per heavy atom. The van der Waals surface area contributed by atoms with Crippen LogP contribution >= 0.6 is 15.9 Å². The zero-order chi connectivity index (χ0) is 12.3. The van der Waals surface area contributed by atoms with Crippen molar-refractivity contribution in [3.63, 3.8) is 0 Å². The third-order valence-corrected chi connectivity index (χ3v) is 3.05. The molecule has 0 aliphatic heterocycles. The lowest BCUT2D eigenvalue weighted by Gasteiger charge is -2.16. The van der Waals surface area contributed by atoms with E-state index in [9.17, 15) is 0 Å². The summed E-state index contributed by atoms with van der Waals surface area (Å²) in [6, 6.07) is 6.29. The van der Waals surface area contributed by atoms with E-state index in [0.717, 1.165) is 21.3 Å². The van der Waals surface area contributed by atoms with Gasteiger partial charge in [-0.15, -0.1) is 0 Å². The molecule has 4 heteroatoms. The Balaban J connectivity index is 2.36. The molecule has 0 amide bonds. The lowest BCUT2D eigenvalue weighted by Crippen LogP contribution is -2.18. The van der Waals surface area contributed by atoms with Crippen LogP contribution in [-0.2, 0) is 0 Å². The van der Waals surface area contributed by atoms with Gasteiger partial charge in [0.2, 0.25) is 0 Å². The molecular formula is C13H14BrN3. The summed E-state index contributed by atoms with van der Waals surface area (Å²) in [5.74, 6) is 0. The van der Waals surface area contributed by atoms with E-state index < -0.39 is 0 Å². The Hall–Kier alpha value is -1.26. The van der Waals surface area contributed by atoms with E-state index in [2.05, 4.69) is 43.3 Å². The fraction of sp³-hybridized carbons (Fsp3) is 0.231. The van der Waals surface area contributed by atoms with Gasteiger partial charge in [0, 0.05) is 28.8 Å². The molecule has 2 aromatic rings. The zero-order valence-electron chi connectivity index (χ0n) is 9.81. The van der Waals surface area contributed by atoms with Crippen LogP contribution in [0.5, 0.6) is 0 Å². The molecule has 1 atom stereocenters. The third kappa shape index (κ3) is 2.90. The van der Waals surface area contributed by atoms with E-state index in [1.165, 1.54) is 0 Å². The first-order valence-corrected chi connectivity index (χ1v) is 6.20. The smallest absolute Gasteiger partial charge is 0.0605 e. The van der Waals surface area contributed by atoms with E-state index in [1.807, 2.05) is 32.4 Å². The van der Waals surface area contributed by atoms with Crippen molar-refractivity contribution in [2.24, 2.45) is 0 Å². The van der Waals surface area contributed by atoms with Crippen LogP contribution in [0.25, 0.3) is 0 Å². The summed E-state index contributed by atoms with van der Waals surface area (Å²) in [5, 5.41) is 3.28. The minimum atomic E-state index is 0.119. The van der Waals surface area contributed by atoms with Gasteiger partial charge < -0.3 is 5.32 Å². The van der Waals surface area contributed by atoms with Crippen molar-refractivity contribution in [3.8, 4) is 0 Å². The first-order valence-electron chi connectivity index (χ1n) is 5.41. The fourth-order valence-corrected chi connectivity index (χ4v) is 2.14. The third-order valence-electron chi connectivity index (χ3n) is 2.62. The summed E-state index contributed by atoms with van der Waals surface area (Å²) < 4.78 is 0.982. The van der Waals surface area contributed by atoms with E-state index in [0.29, 0.717) is 0 Å². The highest BCUT2D eigenvalue weighted by Gasteiger charge is 2.12. The van der Waals surface area contributed by atoms with Gasteiger partial charge in [0.25, 0.3) is 0 Å². The average Bonchev–Trinajstić information content (AvgIpc) is 2.33. The van der Waals surface area contributed by atoms with E-state index in [4.69, 9.17) is 0 Å². The molecule has 0 aliphatic carbocycles. The minimum absolute atomic E-state index is 0.119. The van der Waals surface area contributed by atoms with Crippen LogP contribution in [0, 0.1) is 6.92 Å². The molecule has 2 heterocycles. The van der Waals surface area contributed by atoms with Crippen LogP contribution in [0.1, 0.15) is 22.9 Å². The van der Waals surface area contributed by atoms with Gasteiger partial charge in [-0.1, -0.05) is 6.07 Å². The number of nitrogens with one attached hydrogen (secondary N) is 1. The van der Waals surface area contributed by atoms with Gasteiger partial charge >= 0.3 is 0 Å². The summed E-state index contributed by atoms with van der Waals surface area (Å²) >= 11 is 3.44. The minimum Gasteiger partial charge on any atom is -0.309 e. The van der Waals surface area contributed by atoms with Crippen molar-refractivity contribution in [3.05, 3.63) is 58.1 Å². The number of pyridine rings is 2. The predicted octanol–water partition coefficient (Wildman–Crippen LogP) is 2.86. The Labute approximate surface area is 109 Å². The number of aromatic nitrogens is 2. The number of rotatable bonds is 3. The van der Waals surface area contributed by atoms with Gasteiger partial charge in [0.05, 0.1) is 6.04 Å². The van der Waals surface area contributed by atoms with Crippen molar-refractivity contribution in [1.82, 2.24) is 15.3 Å². The summed E-state index contributed by atoms with van der Waals surface area (Å²) in [6.45, 7) is 1.98. The Morgan fingerprint density at radius 2 is 2.00 bits per heavy atom. The quantitative estimate of drug-likeness (QED) is 0.945. The molecule has 3 nitrogen and oxygen atoms in total. The average molecular weight is 292 g/mol. The maximum Gasteiger partial charge on any atom is 0.0605 e. The zero-order valence-corrected chi connectivity index (χ0v) is 11.4. The molecule has 1 N–H and O–H groups in total. The first-order chi connectivity index (χ1) is 8.20. The van der Waals surface area contributed by atoms with Gasteiger partial charge in [-0.3, -0.25) is 9.97 Å². The van der Waals surface area contributed by atoms with Crippen molar-refractivity contribution in [2.75, 3.05) is 7.05 Å². The summed E-state index contributed by atoms with van der Waals surface area (Å²) in [5.41, 5.74) is 3.28. The van der Waals surface area contributed by atoms with Crippen LogP contribution in [0.15, 0.2) is 41.3 Å². The van der Waals surface area contributed by atoms with Gasteiger partial charge in [0.1, 0.15) is 0 Å². The highest BCUT2D eigenvalue weighted by atomic mass is 79.9. The van der Waals surface area contributed by atoms with Gasteiger partial charge in [0.15, 0.2) is 0 Å². The molecule has 0 saturated heterocycles. The largest absolute Gasteiger partial charge is 0.309 e. The van der Waals surface area contributed by atoms with Gasteiger partial charge in [-0.2, -0.15) is 0 Å². The normalized spacial score (nSPS) is 12.4. The number of nitrogens with zero attached hydrogens (tertiary/aromatic N) is 2. The topological polar surface area (TPSA) is 37.8 Å². The molecule has 88 valence electrons. The summed E-state index contributed by atoms with van der Waals surface area (Å²) in [7, 11) is 1.94. The number of halogens is 1. The fourth-order valence-electron chi connectivity index (χ4n) is 1.76. The highest BCUT2D eigenvalue weighted by Crippen LogP contribution is 2.22. The number of hydrogen-bond acceptors (Lipinski definition) is 3. The Morgan fingerprint density at radius 1 is 1.18 bits per heavy atom. The molecule has 2 aromatic heterocycles. The molecule has 0 bridgehead atoms. The van der Waals surface area contributed by atoms with Crippen LogP contribution < -0.4 is 5.32 Å².